The number of amides is 1. The molecule has 0 bridgehead atoms. The summed E-state index contributed by atoms with van der Waals surface area (Å²) in [5.41, 5.74) is 0.713. The van der Waals surface area contributed by atoms with Crippen molar-refractivity contribution in [3.8, 4) is 11.5 Å². The van der Waals surface area contributed by atoms with E-state index >= 15 is 0 Å². The maximum Gasteiger partial charge on any atom is 0.238 e. The van der Waals surface area contributed by atoms with Gasteiger partial charge in [-0.15, -0.1) is 0 Å². The van der Waals surface area contributed by atoms with E-state index < -0.39 is 0 Å². The van der Waals surface area contributed by atoms with Gasteiger partial charge in [0.25, 0.3) is 0 Å². The molecule has 1 heterocycles. The number of aliphatic hydroxyl groups is 1. The number of hydrogen-bond donors (Lipinski definition) is 2. The van der Waals surface area contributed by atoms with Gasteiger partial charge >= 0.3 is 0 Å². The second-order valence-electron chi connectivity index (χ2n) is 6.00. The molecule has 2 aromatic carbocycles. The van der Waals surface area contributed by atoms with Crippen molar-refractivity contribution in [3.05, 3.63) is 54.6 Å². The molecule has 2 aromatic rings. The number of rotatable bonds is 5. The number of benzene rings is 2. The highest BCUT2D eigenvalue weighted by Crippen LogP contribution is 2.23. The van der Waals surface area contributed by atoms with Gasteiger partial charge in [-0.3, -0.25) is 9.69 Å². The number of carbonyl (C=O) groups is 1. The molecule has 24 heavy (non-hydrogen) atoms. The van der Waals surface area contributed by atoms with Gasteiger partial charge in [0, 0.05) is 24.8 Å². The van der Waals surface area contributed by atoms with E-state index in [2.05, 4.69) is 10.2 Å². The third kappa shape index (κ3) is 4.81. The highest BCUT2D eigenvalue weighted by atomic mass is 16.5. The summed E-state index contributed by atoms with van der Waals surface area (Å²) in [7, 11) is 0. The first-order valence-corrected chi connectivity index (χ1v) is 8.22. The quantitative estimate of drug-likeness (QED) is 0.887. The van der Waals surface area contributed by atoms with Crippen molar-refractivity contribution < 1.29 is 14.6 Å². The predicted molar refractivity (Wildman–Crippen MR) is 93.3 cm³/mol. The lowest BCUT2D eigenvalue weighted by atomic mass is 10.1. The standard InChI is InChI=1S/C19H22N2O3/c22-16-9-11-21(12-10-16)14-19(23)20-15-5-4-8-18(13-15)24-17-6-2-1-3-7-17/h1-8,13,16,22H,9-12,14H2,(H,20,23). The fraction of sp³-hybridized carbons (Fsp3) is 0.316. The van der Waals surface area contributed by atoms with Crippen molar-refractivity contribution in [2.75, 3.05) is 25.0 Å². The molecule has 0 saturated carbocycles. The van der Waals surface area contributed by atoms with Crippen LogP contribution < -0.4 is 10.1 Å². The molecular formula is C19H22N2O3. The van der Waals surface area contributed by atoms with Crippen LogP contribution in [0, 0.1) is 0 Å². The Morgan fingerprint density at radius 3 is 2.54 bits per heavy atom. The van der Waals surface area contributed by atoms with Crippen LogP contribution in [0.1, 0.15) is 12.8 Å². The van der Waals surface area contributed by atoms with E-state index in [4.69, 9.17) is 4.74 Å². The van der Waals surface area contributed by atoms with Gasteiger partial charge < -0.3 is 15.2 Å². The first-order valence-electron chi connectivity index (χ1n) is 8.22. The van der Waals surface area contributed by atoms with E-state index in [9.17, 15) is 9.90 Å². The van der Waals surface area contributed by atoms with Crippen molar-refractivity contribution in [3.63, 3.8) is 0 Å². The van der Waals surface area contributed by atoms with Crippen LogP contribution >= 0.6 is 0 Å². The summed E-state index contributed by atoms with van der Waals surface area (Å²) in [6.45, 7) is 1.86. The highest BCUT2D eigenvalue weighted by Gasteiger charge is 2.19. The predicted octanol–water partition coefficient (Wildman–Crippen LogP) is 2.87. The number of para-hydroxylation sites is 1. The first-order chi connectivity index (χ1) is 11.7. The minimum atomic E-state index is -0.226. The Bertz CT molecular complexity index is 667. The van der Waals surface area contributed by atoms with Crippen LogP contribution in [0.2, 0.25) is 0 Å². The highest BCUT2D eigenvalue weighted by molar-refractivity contribution is 5.92. The maximum atomic E-state index is 12.2. The Labute approximate surface area is 141 Å². The van der Waals surface area contributed by atoms with Gasteiger partial charge in [-0.2, -0.15) is 0 Å². The minimum absolute atomic E-state index is 0.0525. The molecule has 126 valence electrons. The Morgan fingerprint density at radius 2 is 1.79 bits per heavy atom. The average Bonchev–Trinajstić information content (AvgIpc) is 2.58. The number of nitrogens with zero attached hydrogens (tertiary/aromatic N) is 1. The molecule has 5 nitrogen and oxygen atoms in total. The normalized spacial score (nSPS) is 15.9. The smallest absolute Gasteiger partial charge is 0.238 e. The van der Waals surface area contributed by atoms with Gasteiger partial charge in [-0.25, -0.2) is 0 Å². The van der Waals surface area contributed by atoms with Crippen LogP contribution in [0.15, 0.2) is 54.6 Å². The number of aliphatic hydroxyl groups excluding tert-OH is 1. The van der Waals surface area contributed by atoms with E-state index in [1.165, 1.54) is 0 Å². The van der Waals surface area contributed by atoms with Crippen LogP contribution in [0.25, 0.3) is 0 Å². The van der Waals surface area contributed by atoms with Crippen LogP contribution in [0.5, 0.6) is 11.5 Å². The third-order valence-electron chi connectivity index (χ3n) is 4.02. The molecule has 2 N–H and O–H groups in total. The van der Waals surface area contributed by atoms with Gasteiger partial charge in [0.2, 0.25) is 5.91 Å². The molecule has 0 aliphatic carbocycles. The van der Waals surface area contributed by atoms with Crippen molar-refractivity contribution in [1.29, 1.82) is 0 Å². The van der Waals surface area contributed by atoms with Gasteiger partial charge in [0.15, 0.2) is 0 Å². The van der Waals surface area contributed by atoms with Crippen LogP contribution in [0.4, 0.5) is 5.69 Å². The van der Waals surface area contributed by atoms with E-state index in [1.54, 1.807) is 0 Å². The van der Waals surface area contributed by atoms with E-state index in [0.717, 1.165) is 31.7 Å². The summed E-state index contributed by atoms with van der Waals surface area (Å²) in [5, 5.41) is 12.4. The molecule has 0 radical (unpaired) electrons. The van der Waals surface area contributed by atoms with Crippen LogP contribution in [-0.4, -0.2) is 41.7 Å². The summed E-state index contributed by atoms with van der Waals surface area (Å²) in [6, 6.07) is 16.9. The fourth-order valence-electron chi connectivity index (χ4n) is 2.74. The Morgan fingerprint density at radius 1 is 1.08 bits per heavy atom. The molecule has 1 fully saturated rings. The lowest BCUT2D eigenvalue weighted by Gasteiger charge is -2.28. The summed E-state index contributed by atoms with van der Waals surface area (Å²) < 4.78 is 5.77. The Kier molecular flexibility index (Phi) is 5.46. The Balaban J connectivity index is 1.55. The van der Waals surface area contributed by atoms with Crippen LogP contribution in [0.3, 0.4) is 0 Å². The summed E-state index contributed by atoms with van der Waals surface area (Å²) in [5.74, 6) is 1.39. The van der Waals surface area contributed by atoms with Crippen molar-refractivity contribution in [1.82, 2.24) is 4.90 Å². The van der Waals surface area contributed by atoms with Crippen molar-refractivity contribution in [2.24, 2.45) is 0 Å². The minimum Gasteiger partial charge on any atom is -0.457 e. The second-order valence-corrected chi connectivity index (χ2v) is 6.00. The van der Waals surface area contributed by atoms with Crippen LogP contribution in [-0.2, 0) is 4.79 Å². The van der Waals surface area contributed by atoms with Gasteiger partial charge in [0.1, 0.15) is 11.5 Å². The number of anilines is 1. The zero-order valence-corrected chi connectivity index (χ0v) is 13.5. The maximum absolute atomic E-state index is 12.2. The van der Waals surface area contributed by atoms with Gasteiger partial charge in [-0.1, -0.05) is 24.3 Å². The molecular weight excluding hydrogens is 304 g/mol. The Hall–Kier alpha value is -2.37. The monoisotopic (exact) mass is 326 g/mol. The third-order valence-corrected chi connectivity index (χ3v) is 4.02. The lowest BCUT2D eigenvalue weighted by molar-refractivity contribution is -0.117. The molecule has 1 aliphatic heterocycles. The fourth-order valence-corrected chi connectivity index (χ4v) is 2.74. The van der Waals surface area contributed by atoms with Crippen molar-refractivity contribution in [2.45, 2.75) is 18.9 Å². The first kappa shape index (κ1) is 16.5. The molecule has 0 atom stereocenters. The molecule has 0 aromatic heterocycles. The SMILES string of the molecule is O=C(CN1CCC(O)CC1)Nc1cccc(Oc2ccccc2)c1. The number of hydrogen-bond acceptors (Lipinski definition) is 4. The zero-order valence-electron chi connectivity index (χ0n) is 13.5. The number of carbonyl (C=O) groups excluding carboxylic acids is 1. The molecule has 0 spiro atoms. The average molecular weight is 326 g/mol. The van der Waals surface area contributed by atoms with Gasteiger partial charge in [0.05, 0.1) is 12.6 Å². The lowest BCUT2D eigenvalue weighted by Crippen LogP contribution is -2.40. The summed E-state index contributed by atoms with van der Waals surface area (Å²) >= 11 is 0. The van der Waals surface area contributed by atoms with E-state index in [-0.39, 0.29) is 12.0 Å². The second kappa shape index (κ2) is 7.95. The molecule has 0 unspecified atom stereocenters. The molecule has 5 heteroatoms. The molecule has 3 rings (SSSR count). The summed E-state index contributed by atoms with van der Waals surface area (Å²) in [6.07, 6.45) is 1.23. The van der Waals surface area contributed by atoms with Crippen molar-refractivity contribution >= 4 is 11.6 Å². The van der Waals surface area contributed by atoms with E-state index in [0.29, 0.717) is 18.0 Å². The molecule has 1 aliphatic rings. The van der Waals surface area contributed by atoms with Gasteiger partial charge in [-0.05, 0) is 37.1 Å². The van der Waals surface area contributed by atoms with E-state index in [1.807, 2.05) is 54.6 Å². The zero-order chi connectivity index (χ0) is 16.8. The molecule has 1 saturated heterocycles. The number of piperidine rings is 1. The summed E-state index contributed by atoms with van der Waals surface area (Å²) in [4.78, 5) is 14.2. The largest absolute Gasteiger partial charge is 0.457 e. The topological polar surface area (TPSA) is 61.8 Å². The number of likely N-dealkylation sites (tertiary alicyclic amines) is 1. The molecule has 1 amide bonds. The number of ether oxygens (including phenoxy) is 1. The number of nitrogens with one attached hydrogen (secondary N) is 1.